The Morgan fingerprint density at radius 2 is 1.38 bits per heavy atom. The van der Waals surface area contributed by atoms with Crippen LogP contribution in [0.2, 0.25) is 39.3 Å². The van der Waals surface area contributed by atoms with E-state index in [1.807, 2.05) is 54.6 Å². The number of anilines is 1. The van der Waals surface area contributed by atoms with Gasteiger partial charge in [0.25, 0.3) is 0 Å². The van der Waals surface area contributed by atoms with Crippen molar-refractivity contribution in [3.05, 3.63) is 131 Å². The molecule has 1 aliphatic rings. The van der Waals surface area contributed by atoms with E-state index in [1.54, 1.807) is 24.3 Å². The quantitative estimate of drug-likeness (QED) is 0.131. The van der Waals surface area contributed by atoms with Crippen LogP contribution in [0.5, 0.6) is 5.75 Å². The first-order valence-electron chi connectivity index (χ1n) is 17.0. The number of hydrogen-bond acceptors (Lipinski definition) is 6. The van der Waals surface area contributed by atoms with Crippen LogP contribution >= 0.6 is 0 Å². The number of nitrogens with zero attached hydrogens (tertiary/aromatic N) is 1. The van der Waals surface area contributed by atoms with E-state index in [-0.39, 0.29) is 18.2 Å². The Hall–Kier alpha value is -4.33. The summed E-state index contributed by atoms with van der Waals surface area (Å²) in [6, 6.07) is 27.9. The zero-order valence-electron chi connectivity index (χ0n) is 29.5. The Balaban J connectivity index is 1.58. The smallest absolute Gasteiger partial charge is 0.417 e. The normalized spacial score (nSPS) is 16.8. The fourth-order valence-corrected chi connectivity index (χ4v) is 8.12. The van der Waals surface area contributed by atoms with Gasteiger partial charge in [-0.2, -0.15) is 0 Å². The minimum Gasteiger partial charge on any atom is -0.544 e. The van der Waals surface area contributed by atoms with Gasteiger partial charge >= 0.3 is 6.09 Å². The molecule has 1 aliphatic heterocycles. The molecular formula is C39H46F2N2O5Si2. The molecule has 1 N–H and O–H groups in total. The Labute approximate surface area is 295 Å². The predicted molar refractivity (Wildman–Crippen MR) is 197 cm³/mol. The van der Waals surface area contributed by atoms with E-state index in [9.17, 15) is 18.4 Å². The van der Waals surface area contributed by atoms with Crippen molar-refractivity contribution in [2.24, 2.45) is 5.92 Å². The summed E-state index contributed by atoms with van der Waals surface area (Å²) >= 11 is 0. The Bertz CT molecular complexity index is 1730. The molecule has 50 heavy (non-hydrogen) atoms. The molecule has 4 aromatic rings. The minimum absolute atomic E-state index is 0.0387. The molecule has 0 bridgehead atoms. The lowest BCUT2D eigenvalue weighted by Gasteiger charge is -2.34. The van der Waals surface area contributed by atoms with Gasteiger partial charge < -0.3 is 18.9 Å². The maximum atomic E-state index is 15.0. The molecule has 1 heterocycles. The average molecular weight is 717 g/mol. The van der Waals surface area contributed by atoms with Crippen molar-refractivity contribution in [1.82, 2.24) is 4.90 Å². The number of nitrogens with one attached hydrogen (secondary N) is 1. The molecule has 264 valence electrons. The third-order valence-electron chi connectivity index (χ3n) is 8.32. The average Bonchev–Trinajstić information content (AvgIpc) is 3.45. The SMILES string of the molecule is C[Si](C)(C)Oc1ccc([C@H](Nc2ccc(F)cc2)[C@@H](CC[C@H](O[Si](C)(C)C)c2ccc(F)cc2)C(=O)N2C(=O)OC[C@H]2c2ccccc2)cc1. The highest BCUT2D eigenvalue weighted by molar-refractivity contribution is 6.70. The summed E-state index contributed by atoms with van der Waals surface area (Å²) in [5.41, 5.74) is 2.98. The number of amides is 2. The van der Waals surface area contributed by atoms with Gasteiger partial charge in [-0.1, -0.05) is 54.6 Å². The van der Waals surface area contributed by atoms with Crippen molar-refractivity contribution in [2.75, 3.05) is 11.9 Å². The van der Waals surface area contributed by atoms with E-state index in [1.165, 1.54) is 29.2 Å². The summed E-state index contributed by atoms with van der Waals surface area (Å²) in [6.07, 6.45) is -0.430. The molecular weight excluding hydrogens is 671 g/mol. The molecule has 0 saturated carbocycles. The second kappa shape index (κ2) is 15.7. The number of carbonyl (C=O) groups excluding carboxylic acids is 2. The number of hydrogen-bond donors (Lipinski definition) is 1. The molecule has 1 fully saturated rings. The number of imide groups is 1. The van der Waals surface area contributed by atoms with Crippen LogP contribution in [0.1, 0.15) is 47.7 Å². The van der Waals surface area contributed by atoms with E-state index in [4.69, 9.17) is 13.6 Å². The maximum absolute atomic E-state index is 15.0. The van der Waals surface area contributed by atoms with E-state index in [0.29, 0.717) is 18.5 Å². The minimum atomic E-state index is -2.12. The lowest BCUT2D eigenvalue weighted by molar-refractivity contribution is -0.134. The second-order valence-corrected chi connectivity index (χ2v) is 23.5. The first-order chi connectivity index (χ1) is 23.7. The molecule has 1 saturated heterocycles. The molecule has 4 atom stereocenters. The van der Waals surface area contributed by atoms with E-state index in [0.717, 1.165) is 22.4 Å². The van der Waals surface area contributed by atoms with Crippen LogP contribution in [0.3, 0.4) is 0 Å². The van der Waals surface area contributed by atoms with E-state index < -0.39 is 52.7 Å². The van der Waals surface area contributed by atoms with Crippen molar-refractivity contribution >= 4 is 34.3 Å². The largest absolute Gasteiger partial charge is 0.544 e. The number of carbonyl (C=O) groups is 2. The molecule has 7 nitrogen and oxygen atoms in total. The van der Waals surface area contributed by atoms with Crippen LogP contribution in [0.15, 0.2) is 103 Å². The van der Waals surface area contributed by atoms with Crippen LogP contribution < -0.4 is 9.74 Å². The van der Waals surface area contributed by atoms with Crippen LogP contribution in [0, 0.1) is 17.6 Å². The van der Waals surface area contributed by atoms with Crippen LogP contribution in [0.25, 0.3) is 0 Å². The van der Waals surface area contributed by atoms with Gasteiger partial charge in [-0.05, 0) is 117 Å². The Morgan fingerprint density at radius 1 is 0.800 bits per heavy atom. The third-order valence-corrected chi connectivity index (χ3v) is 10.2. The number of benzene rings is 4. The van der Waals surface area contributed by atoms with E-state index >= 15 is 0 Å². The molecule has 0 aliphatic carbocycles. The topological polar surface area (TPSA) is 77.1 Å². The highest BCUT2D eigenvalue weighted by Gasteiger charge is 2.44. The molecule has 4 aromatic carbocycles. The zero-order chi connectivity index (χ0) is 36.1. The molecule has 2 amide bonds. The maximum Gasteiger partial charge on any atom is 0.417 e. The second-order valence-electron chi connectivity index (χ2n) is 14.6. The number of ether oxygens (including phenoxy) is 1. The van der Waals surface area contributed by atoms with Crippen molar-refractivity contribution in [1.29, 1.82) is 0 Å². The summed E-state index contributed by atoms with van der Waals surface area (Å²) in [5.74, 6) is -1.23. The van der Waals surface area contributed by atoms with Gasteiger partial charge in [0.15, 0.2) is 8.32 Å². The highest BCUT2D eigenvalue weighted by Crippen LogP contribution is 2.39. The molecule has 0 aromatic heterocycles. The summed E-state index contributed by atoms with van der Waals surface area (Å²) in [4.78, 5) is 29.6. The molecule has 0 unspecified atom stereocenters. The number of halogens is 2. The van der Waals surface area contributed by atoms with Gasteiger partial charge in [-0.3, -0.25) is 4.79 Å². The molecule has 0 spiro atoms. The molecule has 5 rings (SSSR count). The highest BCUT2D eigenvalue weighted by atomic mass is 28.4. The zero-order valence-corrected chi connectivity index (χ0v) is 31.5. The van der Waals surface area contributed by atoms with Crippen molar-refractivity contribution in [3.63, 3.8) is 0 Å². The standard InChI is InChI=1S/C39H46F2N2O5Si2/c1-49(2,3)47-33-22-14-29(15-23-33)37(42-32-20-18-31(41)19-21-32)34(24-25-36(48-50(4,5)6)28-12-16-30(40)17-13-28)38(44)43-35(26-46-39(43)45)27-10-8-7-9-11-27/h7-23,34-37,42H,24-26H2,1-6H3/t34-,35+,36+,37+/m1/s1. The van der Waals surface area contributed by atoms with Gasteiger partial charge in [-0.25, -0.2) is 18.5 Å². The molecule has 11 heteroatoms. The van der Waals surface area contributed by atoms with Gasteiger partial charge in [0.2, 0.25) is 14.2 Å². The van der Waals surface area contributed by atoms with Gasteiger partial charge in [0, 0.05) is 5.69 Å². The van der Waals surface area contributed by atoms with Gasteiger partial charge in [-0.15, -0.1) is 0 Å². The van der Waals surface area contributed by atoms with Crippen molar-refractivity contribution in [2.45, 2.75) is 70.3 Å². The fraction of sp³-hybridized carbons (Fsp3) is 0.333. The summed E-state index contributed by atoms with van der Waals surface area (Å²) in [5, 5.41) is 3.50. The number of cyclic esters (lactones) is 1. The van der Waals surface area contributed by atoms with Crippen LogP contribution in [0.4, 0.5) is 19.3 Å². The fourth-order valence-electron chi connectivity index (χ4n) is 6.16. The first-order valence-corrected chi connectivity index (χ1v) is 23.8. The van der Waals surface area contributed by atoms with Crippen molar-refractivity contribution in [3.8, 4) is 5.75 Å². The third kappa shape index (κ3) is 9.89. The monoisotopic (exact) mass is 716 g/mol. The van der Waals surface area contributed by atoms with Crippen LogP contribution in [-0.4, -0.2) is 40.1 Å². The summed E-state index contributed by atoms with van der Waals surface area (Å²) < 4.78 is 46.3. The van der Waals surface area contributed by atoms with E-state index in [2.05, 4.69) is 44.6 Å². The van der Waals surface area contributed by atoms with Crippen molar-refractivity contribution < 1.29 is 32.0 Å². The Morgan fingerprint density at radius 3 is 1.96 bits per heavy atom. The van der Waals surface area contributed by atoms with Crippen LogP contribution in [-0.2, 0) is 14.0 Å². The predicted octanol–water partition coefficient (Wildman–Crippen LogP) is 10.0. The molecule has 0 radical (unpaired) electrons. The first kappa shape index (κ1) is 36.9. The van der Waals surface area contributed by atoms with Gasteiger partial charge in [0.05, 0.1) is 18.1 Å². The lowest BCUT2D eigenvalue weighted by atomic mass is 9.85. The summed E-state index contributed by atoms with van der Waals surface area (Å²) in [6.45, 7) is 12.6. The number of rotatable bonds is 14. The Kier molecular flexibility index (Phi) is 11.6. The lowest BCUT2D eigenvalue weighted by Crippen LogP contribution is -2.42. The van der Waals surface area contributed by atoms with Gasteiger partial charge in [0.1, 0.15) is 30.0 Å². The summed E-state index contributed by atoms with van der Waals surface area (Å²) in [7, 11) is -4.01.